The van der Waals surface area contributed by atoms with Gasteiger partial charge >= 0.3 is 0 Å². The Kier molecular flexibility index (Phi) is 3.82. The molecule has 2 nitrogen and oxygen atoms in total. The first kappa shape index (κ1) is 12.3. The summed E-state index contributed by atoms with van der Waals surface area (Å²) in [7, 11) is 0. The highest BCUT2D eigenvalue weighted by atomic mass is 79.9. The first-order chi connectivity index (χ1) is 7.60. The molecule has 1 heterocycles. The number of hydrogen-bond donors (Lipinski definition) is 1. The quantitative estimate of drug-likeness (QED) is 0.931. The molecular formula is C12H16BrNOS. The summed E-state index contributed by atoms with van der Waals surface area (Å²) >= 11 is 5.03. The van der Waals surface area contributed by atoms with Crippen molar-refractivity contribution < 1.29 is 4.79 Å². The van der Waals surface area contributed by atoms with E-state index in [2.05, 4.69) is 15.9 Å². The van der Waals surface area contributed by atoms with Crippen LogP contribution in [0.2, 0.25) is 0 Å². The largest absolute Gasteiger partial charge is 0.319 e. The first-order valence-electron chi connectivity index (χ1n) is 5.66. The fourth-order valence-electron chi connectivity index (χ4n) is 2.24. The molecule has 1 saturated carbocycles. The summed E-state index contributed by atoms with van der Waals surface area (Å²) in [6.45, 7) is 0. The highest BCUT2D eigenvalue weighted by Crippen LogP contribution is 2.29. The number of carbonyl (C=O) groups excluding carboxylic acids is 1. The van der Waals surface area contributed by atoms with Crippen LogP contribution in [0.3, 0.4) is 0 Å². The maximum absolute atomic E-state index is 12.2. The summed E-state index contributed by atoms with van der Waals surface area (Å²) < 4.78 is 1.07. The van der Waals surface area contributed by atoms with Gasteiger partial charge in [0.15, 0.2) is 5.78 Å². The van der Waals surface area contributed by atoms with Crippen molar-refractivity contribution in [3.63, 3.8) is 0 Å². The monoisotopic (exact) mass is 301 g/mol. The van der Waals surface area contributed by atoms with E-state index in [9.17, 15) is 4.79 Å². The van der Waals surface area contributed by atoms with Gasteiger partial charge in [-0.3, -0.25) is 4.79 Å². The Morgan fingerprint density at radius 1 is 1.38 bits per heavy atom. The number of ketones is 1. The number of nitrogens with two attached hydrogens (primary N) is 1. The summed E-state index contributed by atoms with van der Waals surface area (Å²) in [6.07, 6.45) is 5.62. The molecule has 0 unspecified atom stereocenters. The van der Waals surface area contributed by atoms with Crippen molar-refractivity contribution in [1.29, 1.82) is 0 Å². The van der Waals surface area contributed by atoms with Crippen molar-refractivity contribution in [3.8, 4) is 0 Å². The SMILES string of the molecule is NC1(C(=O)Cc2ccc(Br)s2)CCCCC1. The fourth-order valence-corrected chi connectivity index (χ4v) is 3.72. The molecule has 0 spiro atoms. The molecule has 2 rings (SSSR count). The molecule has 1 aliphatic carbocycles. The van der Waals surface area contributed by atoms with Crippen molar-refractivity contribution in [3.05, 3.63) is 20.8 Å². The van der Waals surface area contributed by atoms with Crippen LogP contribution in [-0.4, -0.2) is 11.3 Å². The Balaban J connectivity index is 2.01. The van der Waals surface area contributed by atoms with Crippen LogP contribution in [0, 0.1) is 0 Å². The van der Waals surface area contributed by atoms with Gasteiger partial charge in [0.25, 0.3) is 0 Å². The second-order valence-corrected chi connectivity index (χ2v) is 7.07. The van der Waals surface area contributed by atoms with Crippen molar-refractivity contribution >= 4 is 33.0 Å². The van der Waals surface area contributed by atoms with E-state index in [0.717, 1.165) is 34.3 Å². The third-order valence-electron chi connectivity index (χ3n) is 3.26. The van der Waals surface area contributed by atoms with Crippen LogP contribution in [0.4, 0.5) is 0 Å². The van der Waals surface area contributed by atoms with Crippen LogP contribution in [0.1, 0.15) is 37.0 Å². The first-order valence-corrected chi connectivity index (χ1v) is 7.27. The fraction of sp³-hybridized carbons (Fsp3) is 0.583. The summed E-state index contributed by atoms with van der Waals surface area (Å²) in [5, 5.41) is 0. The van der Waals surface area contributed by atoms with Gasteiger partial charge in [-0.2, -0.15) is 0 Å². The predicted molar refractivity (Wildman–Crippen MR) is 70.7 cm³/mol. The summed E-state index contributed by atoms with van der Waals surface area (Å²) in [4.78, 5) is 13.3. The maximum atomic E-state index is 12.2. The molecule has 2 N–H and O–H groups in total. The van der Waals surface area contributed by atoms with E-state index in [-0.39, 0.29) is 5.78 Å². The topological polar surface area (TPSA) is 43.1 Å². The van der Waals surface area contributed by atoms with Crippen molar-refractivity contribution in [2.75, 3.05) is 0 Å². The Bertz CT molecular complexity index is 382. The van der Waals surface area contributed by atoms with Gasteiger partial charge in [-0.1, -0.05) is 19.3 Å². The average molecular weight is 302 g/mol. The van der Waals surface area contributed by atoms with E-state index in [1.54, 1.807) is 11.3 Å². The highest BCUT2D eigenvalue weighted by molar-refractivity contribution is 9.11. The van der Waals surface area contributed by atoms with Crippen LogP contribution < -0.4 is 5.73 Å². The molecule has 1 aromatic rings. The highest BCUT2D eigenvalue weighted by Gasteiger charge is 2.34. The third-order valence-corrected chi connectivity index (χ3v) is 4.89. The van der Waals surface area contributed by atoms with Gasteiger partial charge in [0, 0.05) is 11.3 Å². The molecule has 0 amide bonds. The van der Waals surface area contributed by atoms with E-state index < -0.39 is 5.54 Å². The van der Waals surface area contributed by atoms with E-state index in [1.165, 1.54) is 6.42 Å². The molecule has 1 aliphatic rings. The molecule has 1 aromatic heterocycles. The smallest absolute Gasteiger partial charge is 0.157 e. The molecule has 0 saturated heterocycles. The molecule has 1 fully saturated rings. The Morgan fingerprint density at radius 3 is 2.62 bits per heavy atom. The minimum Gasteiger partial charge on any atom is -0.319 e. The lowest BCUT2D eigenvalue weighted by atomic mass is 9.78. The number of hydrogen-bond acceptors (Lipinski definition) is 3. The second kappa shape index (κ2) is 4.98. The van der Waals surface area contributed by atoms with Gasteiger partial charge in [0.2, 0.25) is 0 Å². The second-order valence-electron chi connectivity index (χ2n) is 4.52. The zero-order chi connectivity index (χ0) is 11.6. The van der Waals surface area contributed by atoms with E-state index in [1.807, 2.05) is 12.1 Å². The number of Topliss-reactive ketones (excluding diaryl/α,β-unsaturated/α-hetero) is 1. The zero-order valence-electron chi connectivity index (χ0n) is 9.17. The summed E-state index contributed by atoms with van der Waals surface area (Å²) in [6, 6.07) is 3.98. The molecule has 0 radical (unpaired) electrons. The van der Waals surface area contributed by atoms with Crippen LogP contribution in [-0.2, 0) is 11.2 Å². The average Bonchev–Trinajstić information content (AvgIpc) is 2.65. The number of carbonyl (C=O) groups is 1. The van der Waals surface area contributed by atoms with Crippen molar-refractivity contribution in [2.24, 2.45) is 5.73 Å². The molecular weight excluding hydrogens is 286 g/mol. The molecule has 0 aliphatic heterocycles. The number of thiophene rings is 1. The lowest BCUT2D eigenvalue weighted by molar-refractivity contribution is -0.124. The minimum absolute atomic E-state index is 0.210. The molecule has 16 heavy (non-hydrogen) atoms. The summed E-state index contributed by atoms with van der Waals surface area (Å²) in [5.41, 5.74) is 5.65. The van der Waals surface area contributed by atoms with Gasteiger partial charge in [-0.25, -0.2) is 0 Å². The van der Waals surface area contributed by atoms with Gasteiger partial charge in [-0.05, 0) is 40.9 Å². The third kappa shape index (κ3) is 2.73. The zero-order valence-corrected chi connectivity index (χ0v) is 11.6. The number of halogens is 1. The molecule has 88 valence electrons. The van der Waals surface area contributed by atoms with E-state index >= 15 is 0 Å². The summed E-state index contributed by atoms with van der Waals surface area (Å²) in [5.74, 6) is 0.210. The van der Waals surface area contributed by atoms with Crippen LogP contribution in [0.15, 0.2) is 15.9 Å². The molecule has 0 aromatic carbocycles. The van der Waals surface area contributed by atoms with Crippen LogP contribution in [0.25, 0.3) is 0 Å². The number of rotatable bonds is 3. The van der Waals surface area contributed by atoms with Crippen LogP contribution in [0.5, 0.6) is 0 Å². The lowest BCUT2D eigenvalue weighted by Crippen LogP contribution is -2.50. The molecule has 0 atom stereocenters. The molecule has 4 heteroatoms. The van der Waals surface area contributed by atoms with Crippen molar-refractivity contribution in [1.82, 2.24) is 0 Å². The standard InChI is InChI=1S/C12H16BrNOS/c13-11-5-4-9(16-11)8-10(15)12(14)6-2-1-3-7-12/h4-5H,1-3,6-8,14H2. The lowest BCUT2D eigenvalue weighted by Gasteiger charge is -2.31. The van der Waals surface area contributed by atoms with Gasteiger partial charge < -0.3 is 5.73 Å². The van der Waals surface area contributed by atoms with Gasteiger partial charge in [0.05, 0.1) is 9.33 Å². The maximum Gasteiger partial charge on any atom is 0.157 e. The molecule has 0 bridgehead atoms. The Labute approximate surface area is 108 Å². The van der Waals surface area contributed by atoms with Gasteiger partial charge in [0.1, 0.15) is 0 Å². The van der Waals surface area contributed by atoms with E-state index in [0.29, 0.717) is 6.42 Å². The van der Waals surface area contributed by atoms with Gasteiger partial charge in [-0.15, -0.1) is 11.3 Å². The normalized spacial score (nSPS) is 19.6. The van der Waals surface area contributed by atoms with Crippen molar-refractivity contribution in [2.45, 2.75) is 44.1 Å². The van der Waals surface area contributed by atoms with Crippen LogP contribution >= 0.6 is 27.3 Å². The minimum atomic E-state index is -0.547. The van der Waals surface area contributed by atoms with E-state index in [4.69, 9.17) is 5.73 Å². The Morgan fingerprint density at radius 2 is 2.06 bits per heavy atom. The predicted octanol–water partition coefficient (Wildman–Crippen LogP) is 3.28. The Hall–Kier alpha value is -0.190.